The van der Waals surface area contributed by atoms with E-state index < -0.39 is 0 Å². The van der Waals surface area contributed by atoms with Gasteiger partial charge in [-0.1, -0.05) is 29.3 Å². The van der Waals surface area contributed by atoms with Gasteiger partial charge in [-0.2, -0.15) is 5.10 Å². The minimum absolute atomic E-state index is 0.0588. The summed E-state index contributed by atoms with van der Waals surface area (Å²) < 4.78 is 1.70. The van der Waals surface area contributed by atoms with Crippen molar-refractivity contribution in [2.45, 2.75) is 13.0 Å². The smallest absolute Gasteiger partial charge is 0.180 e. The fraction of sp³-hybridized carbons (Fsp3) is 0.167. The van der Waals surface area contributed by atoms with E-state index in [0.717, 1.165) is 5.56 Å². The van der Waals surface area contributed by atoms with Gasteiger partial charge in [0, 0.05) is 12.4 Å². The van der Waals surface area contributed by atoms with E-state index in [-0.39, 0.29) is 6.04 Å². The molecule has 3 aromatic rings. The maximum absolute atomic E-state index is 6.07. The number of hydrogen-bond acceptors (Lipinski definition) is 4. The molecule has 0 amide bonds. The van der Waals surface area contributed by atoms with Gasteiger partial charge in [0.25, 0.3) is 0 Å². The lowest BCUT2D eigenvalue weighted by molar-refractivity contribution is 0.577. The van der Waals surface area contributed by atoms with Crippen molar-refractivity contribution in [3.63, 3.8) is 0 Å². The van der Waals surface area contributed by atoms with Crippen LogP contribution in [-0.2, 0) is 0 Å². The Hall–Kier alpha value is -1.72. The van der Waals surface area contributed by atoms with Gasteiger partial charge in [-0.05, 0) is 18.6 Å². The maximum Gasteiger partial charge on any atom is 0.180 e. The number of fused-ring (bicyclic) bond motifs is 1. The highest BCUT2D eigenvalue weighted by atomic mass is 35.5. The number of aromatic nitrogens is 5. The van der Waals surface area contributed by atoms with E-state index in [2.05, 4.69) is 20.1 Å². The van der Waals surface area contributed by atoms with Crippen LogP contribution in [-0.4, -0.2) is 24.7 Å². The van der Waals surface area contributed by atoms with Gasteiger partial charge in [-0.25, -0.2) is 14.6 Å². The minimum Gasteiger partial charge on any atom is -0.264 e. The van der Waals surface area contributed by atoms with Gasteiger partial charge in [-0.15, -0.1) is 0 Å². The van der Waals surface area contributed by atoms with Gasteiger partial charge < -0.3 is 0 Å². The van der Waals surface area contributed by atoms with Crippen LogP contribution in [0.25, 0.3) is 11.2 Å². The summed E-state index contributed by atoms with van der Waals surface area (Å²) in [5.74, 6) is 0. The van der Waals surface area contributed by atoms with E-state index in [4.69, 9.17) is 23.2 Å². The molecule has 7 heteroatoms. The Labute approximate surface area is 119 Å². The van der Waals surface area contributed by atoms with Crippen LogP contribution in [0.4, 0.5) is 0 Å². The Balaban J connectivity index is 2.17. The molecule has 1 atom stereocenters. The highest BCUT2D eigenvalue weighted by Crippen LogP contribution is 2.26. The lowest BCUT2D eigenvalue weighted by Gasteiger charge is -2.12. The molecular formula is C12H9Cl2N5. The molecule has 0 aliphatic heterocycles. The quantitative estimate of drug-likeness (QED) is 0.728. The Morgan fingerprint density at radius 2 is 2.11 bits per heavy atom. The van der Waals surface area contributed by atoms with Crippen molar-refractivity contribution in [2.75, 3.05) is 0 Å². The third-order valence-electron chi connectivity index (χ3n) is 2.87. The van der Waals surface area contributed by atoms with Crippen LogP contribution >= 0.6 is 23.2 Å². The molecule has 96 valence electrons. The van der Waals surface area contributed by atoms with Crippen LogP contribution in [0.1, 0.15) is 18.5 Å². The normalized spacial score (nSPS) is 12.8. The number of rotatable bonds is 2. The Morgan fingerprint density at radius 1 is 1.26 bits per heavy atom. The summed E-state index contributed by atoms with van der Waals surface area (Å²) in [4.78, 5) is 12.5. The molecule has 0 aliphatic rings. The zero-order valence-corrected chi connectivity index (χ0v) is 11.5. The molecule has 0 unspecified atom stereocenters. The Kier molecular flexibility index (Phi) is 3.08. The third kappa shape index (κ3) is 2.15. The van der Waals surface area contributed by atoms with E-state index >= 15 is 0 Å². The summed E-state index contributed by atoms with van der Waals surface area (Å²) in [7, 11) is 0. The summed E-state index contributed by atoms with van der Waals surface area (Å²) in [5, 5.41) is 4.90. The standard InChI is InChI=1S/C12H9Cl2N5/c1-7(8-3-2-4-15-5-8)19-12-10(11(14)18-19)16-6-9(13)17-12/h2-7H,1H3/t7-/m0/s1. The highest BCUT2D eigenvalue weighted by molar-refractivity contribution is 6.34. The van der Waals surface area contributed by atoms with Gasteiger partial charge in [0.2, 0.25) is 0 Å². The van der Waals surface area contributed by atoms with Crippen LogP contribution in [0.3, 0.4) is 0 Å². The van der Waals surface area contributed by atoms with Crippen molar-refractivity contribution >= 4 is 34.4 Å². The fourth-order valence-corrected chi connectivity index (χ4v) is 2.23. The highest BCUT2D eigenvalue weighted by Gasteiger charge is 2.17. The van der Waals surface area contributed by atoms with E-state index in [1.807, 2.05) is 19.1 Å². The van der Waals surface area contributed by atoms with E-state index in [9.17, 15) is 0 Å². The molecule has 3 aromatic heterocycles. The average Bonchev–Trinajstić information content (AvgIpc) is 2.75. The van der Waals surface area contributed by atoms with Crippen molar-refractivity contribution in [3.05, 3.63) is 46.6 Å². The van der Waals surface area contributed by atoms with Crippen LogP contribution in [0.15, 0.2) is 30.7 Å². The molecule has 3 heterocycles. The number of hydrogen-bond donors (Lipinski definition) is 0. The van der Waals surface area contributed by atoms with Gasteiger partial charge in [-0.3, -0.25) is 4.98 Å². The largest absolute Gasteiger partial charge is 0.264 e. The maximum atomic E-state index is 6.07. The zero-order chi connectivity index (χ0) is 13.4. The first-order chi connectivity index (χ1) is 9.16. The Bertz CT molecular complexity index is 726. The predicted octanol–water partition coefficient (Wildman–Crippen LogP) is 3.14. The van der Waals surface area contributed by atoms with Crippen molar-refractivity contribution in [3.8, 4) is 0 Å². The first kappa shape index (κ1) is 12.3. The molecule has 5 nitrogen and oxygen atoms in total. The molecule has 0 saturated heterocycles. The molecule has 0 bridgehead atoms. The summed E-state index contributed by atoms with van der Waals surface area (Å²) in [6.07, 6.45) is 4.96. The molecule has 0 aliphatic carbocycles. The van der Waals surface area contributed by atoms with Crippen LogP contribution in [0, 0.1) is 0 Å². The van der Waals surface area contributed by atoms with E-state index in [0.29, 0.717) is 21.5 Å². The molecule has 3 rings (SSSR count). The van der Waals surface area contributed by atoms with Crippen LogP contribution < -0.4 is 0 Å². The van der Waals surface area contributed by atoms with Gasteiger partial charge in [0.15, 0.2) is 10.8 Å². The van der Waals surface area contributed by atoms with Crippen LogP contribution in [0.2, 0.25) is 10.3 Å². The molecule has 0 N–H and O–H groups in total. The SMILES string of the molecule is C[C@@H](c1cccnc1)n1nc(Cl)c2ncc(Cl)nc21. The van der Waals surface area contributed by atoms with Gasteiger partial charge in [0.1, 0.15) is 10.7 Å². The van der Waals surface area contributed by atoms with Crippen molar-refractivity contribution in [2.24, 2.45) is 0 Å². The number of nitrogens with zero attached hydrogens (tertiary/aromatic N) is 5. The molecule has 0 aromatic carbocycles. The fourth-order valence-electron chi connectivity index (χ4n) is 1.89. The predicted molar refractivity (Wildman–Crippen MR) is 73.4 cm³/mol. The summed E-state index contributed by atoms with van der Waals surface area (Å²) in [6, 6.07) is 3.78. The zero-order valence-electron chi connectivity index (χ0n) is 9.96. The molecule has 19 heavy (non-hydrogen) atoms. The van der Waals surface area contributed by atoms with Gasteiger partial charge >= 0.3 is 0 Å². The third-order valence-corrected chi connectivity index (χ3v) is 3.30. The topological polar surface area (TPSA) is 56.5 Å². The van der Waals surface area contributed by atoms with Gasteiger partial charge in [0.05, 0.1) is 12.2 Å². The lowest BCUT2D eigenvalue weighted by Crippen LogP contribution is -2.09. The molecule has 0 saturated carbocycles. The number of pyridine rings is 1. The number of halogens is 2. The van der Waals surface area contributed by atoms with E-state index in [1.165, 1.54) is 6.20 Å². The monoisotopic (exact) mass is 293 g/mol. The molecule has 0 fully saturated rings. The molecule has 0 radical (unpaired) electrons. The first-order valence-electron chi connectivity index (χ1n) is 5.63. The molecular weight excluding hydrogens is 285 g/mol. The minimum atomic E-state index is -0.0588. The van der Waals surface area contributed by atoms with Crippen molar-refractivity contribution in [1.82, 2.24) is 24.7 Å². The summed E-state index contributed by atoms with van der Waals surface area (Å²) in [5.41, 5.74) is 2.11. The Morgan fingerprint density at radius 3 is 2.84 bits per heavy atom. The first-order valence-corrected chi connectivity index (χ1v) is 6.38. The average molecular weight is 294 g/mol. The summed E-state index contributed by atoms with van der Waals surface area (Å²) >= 11 is 11.9. The second-order valence-corrected chi connectivity index (χ2v) is 4.81. The van der Waals surface area contributed by atoms with Crippen molar-refractivity contribution in [1.29, 1.82) is 0 Å². The lowest BCUT2D eigenvalue weighted by atomic mass is 10.1. The van der Waals surface area contributed by atoms with Crippen LogP contribution in [0.5, 0.6) is 0 Å². The van der Waals surface area contributed by atoms with E-state index in [1.54, 1.807) is 17.1 Å². The second kappa shape index (κ2) is 4.75. The second-order valence-electron chi connectivity index (χ2n) is 4.06. The van der Waals surface area contributed by atoms with Crippen molar-refractivity contribution < 1.29 is 0 Å². The molecule has 0 spiro atoms. The summed E-state index contributed by atoms with van der Waals surface area (Å²) in [6.45, 7) is 1.99.